The quantitative estimate of drug-likeness (QED) is 0.291. The number of hydrogen-bond donors (Lipinski definition) is 0. The molecule has 0 aliphatic carbocycles. The number of nitrogens with zero attached hydrogens (tertiary/aromatic N) is 2. The molecule has 204 valence electrons. The van der Waals surface area contributed by atoms with Gasteiger partial charge in [-0.25, -0.2) is 0 Å². The second-order valence-corrected chi connectivity index (χ2v) is 10.5. The lowest BCUT2D eigenvalue weighted by atomic mass is 9.87. The number of hydrazone groups is 1. The van der Waals surface area contributed by atoms with Gasteiger partial charge in [-0.15, -0.1) is 0 Å². The Hall–Kier alpha value is -4.19. The average molecular weight is 527 g/mol. The molecule has 0 spiro atoms. The van der Waals surface area contributed by atoms with Gasteiger partial charge in [-0.1, -0.05) is 51.1 Å². The molecule has 6 nitrogen and oxygen atoms in total. The lowest BCUT2D eigenvalue weighted by Gasteiger charge is -2.23. The topological polar surface area (TPSA) is 52.5 Å². The molecule has 4 rings (SSSR count). The molecule has 0 fully saturated rings. The highest BCUT2D eigenvalue weighted by atomic mass is 16.5. The Bertz CT molecular complexity index is 1320. The largest absolute Gasteiger partial charge is 0.497 e. The third-order valence-corrected chi connectivity index (χ3v) is 6.69. The standard InChI is InChI=1S/C33H38N2O4/c1-33(2,3)25-10-14-27(15-11-25)35-28(13-9-24-18-31(38-6)22-32(19-24)39-7)20-26(34-35)12-8-23-16-29(36-4)21-30(17-23)37-5/h8-19,21-22,28H,20H2,1-7H3. The van der Waals surface area contributed by atoms with Crippen LogP contribution in [0.2, 0.25) is 0 Å². The van der Waals surface area contributed by atoms with Crippen LogP contribution < -0.4 is 24.0 Å². The highest BCUT2D eigenvalue weighted by Crippen LogP contribution is 2.31. The van der Waals surface area contributed by atoms with E-state index in [1.54, 1.807) is 28.4 Å². The Labute approximate surface area is 232 Å². The van der Waals surface area contributed by atoms with Gasteiger partial charge in [0.1, 0.15) is 23.0 Å². The van der Waals surface area contributed by atoms with Crippen molar-refractivity contribution in [2.75, 3.05) is 33.4 Å². The fourth-order valence-corrected chi connectivity index (χ4v) is 4.43. The normalized spacial score (nSPS) is 15.6. The minimum Gasteiger partial charge on any atom is -0.497 e. The molecule has 0 bridgehead atoms. The van der Waals surface area contributed by atoms with Crippen molar-refractivity contribution < 1.29 is 18.9 Å². The van der Waals surface area contributed by atoms with Gasteiger partial charge in [0.25, 0.3) is 0 Å². The maximum absolute atomic E-state index is 5.45. The minimum atomic E-state index is 0.0437. The molecular formula is C33H38N2O4. The predicted octanol–water partition coefficient (Wildman–Crippen LogP) is 7.38. The summed E-state index contributed by atoms with van der Waals surface area (Å²) in [6, 6.07) is 20.4. The zero-order chi connectivity index (χ0) is 28.0. The number of benzene rings is 3. The SMILES string of the molecule is COc1cc(C=CC2=NN(c3ccc(C(C)(C)C)cc3)C(C=Cc3cc(OC)cc(OC)c3)C2)cc(OC)c1. The summed E-state index contributed by atoms with van der Waals surface area (Å²) in [6.07, 6.45) is 9.15. The van der Waals surface area contributed by atoms with Gasteiger partial charge in [-0.05, 0) is 64.6 Å². The molecule has 1 atom stereocenters. The summed E-state index contributed by atoms with van der Waals surface area (Å²) < 4.78 is 21.7. The maximum atomic E-state index is 5.45. The Morgan fingerprint density at radius 3 is 1.64 bits per heavy atom. The van der Waals surface area contributed by atoms with Crippen molar-refractivity contribution in [3.8, 4) is 23.0 Å². The molecule has 1 heterocycles. The van der Waals surface area contributed by atoms with E-state index in [2.05, 4.69) is 68.3 Å². The molecule has 0 amide bonds. The van der Waals surface area contributed by atoms with Crippen LogP contribution in [0.1, 0.15) is 43.9 Å². The van der Waals surface area contributed by atoms with E-state index >= 15 is 0 Å². The second-order valence-electron chi connectivity index (χ2n) is 10.5. The summed E-state index contributed by atoms with van der Waals surface area (Å²) in [5, 5.41) is 7.10. The van der Waals surface area contributed by atoms with Crippen molar-refractivity contribution in [2.45, 2.75) is 38.6 Å². The minimum absolute atomic E-state index is 0.0437. The maximum Gasteiger partial charge on any atom is 0.123 e. The fourth-order valence-electron chi connectivity index (χ4n) is 4.43. The molecule has 0 N–H and O–H groups in total. The summed E-state index contributed by atoms with van der Waals surface area (Å²) in [5.74, 6) is 3.00. The monoisotopic (exact) mass is 526 g/mol. The number of ether oxygens (including phenoxy) is 4. The van der Waals surface area contributed by atoms with Crippen LogP contribution >= 0.6 is 0 Å². The van der Waals surface area contributed by atoms with Crippen molar-refractivity contribution in [3.05, 3.63) is 89.5 Å². The van der Waals surface area contributed by atoms with Crippen LogP contribution in [0.15, 0.2) is 77.9 Å². The van der Waals surface area contributed by atoms with Crippen molar-refractivity contribution in [1.29, 1.82) is 0 Å². The number of allylic oxidation sites excluding steroid dienone is 1. The van der Waals surface area contributed by atoms with Gasteiger partial charge in [0, 0.05) is 18.6 Å². The zero-order valence-corrected chi connectivity index (χ0v) is 23.9. The summed E-state index contributed by atoms with van der Waals surface area (Å²) in [7, 11) is 6.63. The van der Waals surface area contributed by atoms with Gasteiger partial charge in [-0.3, -0.25) is 5.01 Å². The van der Waals surface area contributed by atoms with Gasteiger partial charge < -0.3 is 18.9 Å². The molecule has 3 aromatic carbocycles. The molecule has 1 aliphatic heterocycles. The van der Waals surface area contributed by atoms with E-state index in [0.29, 0.717) is 0 Å². The smallest absolute Gasteiger partial charge is 0.123 e. The van der Waals surface area contributed by atoms with Crippen LogP contribution in [0, 0.1) is 0 Å². The Kier molecular flexibility index (Phi) is 8.65. The van der Waals surface area contributed by atoms with E-state index in [1.807, 2.05) is 42.5 Å². The van der Waals surface area contributed by atoms with Crippen LogP contribution in [0.4, 0.5) is 5.69 Å². The Balaban J connectivity index is 1.64. The highest BCUT2D eigenvalue weighted by molar-refractivity contribution is 6.01. The lowest BCUT2D eigenvalue weighted by molar-refractivity contribution is 0.394. The Morgan fingerprint density at radius 2 is 1.18 bits per heavy atom. The highest BCUT2D eigenvalue weighted by Gasteiger charge is 2.25. The molecule has 3 aromatic rings. The van der Waals surface area contributed by atoms with Crippen LogP contribution in [0.5, 0.6) is 23.0 Å². The first-order valence-electron chi connectivity index (χ1n) is 13.0. The first-order chi connectivity index (χ1) is 18.7. The molecule has 0 saturated carbocycles. The first-order valence-corrected chi connectivity index (χ1v) is 13.0. The average Bonchev–Trinajstić information content (AvgIpc) is 3.37. The van der Waals surface area contributed by atoms with Crippen molar-refractivity contribution in [2.24, 2.45) is 5.10 Å². The van der Waals surface area contributed by atoms with Crippen LogP contribution in [0.3, 0.4) is 0 Å². The second kappa shape index (κ2) is 12.1. The third-order valence-electron chi connectivity index (χ3n) is 6.69. The molecule has 1 unspecified atom stereocenters. The van der Waals surface area contributed by atoms with Gasteiger partial charge in [-0.2, -0.15) is 5.10 Å². The Morgan fingerprint density at radius 1 is 0.692 bits per heavy atom. The van der Waals surface area contributed by atoms with E-state index < -0.39 is 0 Å². The van der Waals surface area contributed by atoms with Crippen LogP contribution in [-0.4, -0.2) is 40.2 Å². The molecular weight excluding hydrogens is 488 g/mol. The van der Waals surface area contributed by atoms with Crippen molar-refractivity contribution >= 4 is 23.6 Å². The zero-order valence-electron chi connectivity index (χ0n) is 23.9. The molecule has 1 aliphatic rings. The lowest BCUT2D eigenvalue weighted by Crippen LogP contribution is -2.24. The van der Waals surface area contributed by atoms with Gasteiger partial charge >= 0.3 is 0 Å². The van der Waals surface area contributed by atoms with E-state index in [1.165, 1.54) is 5.56 Å². The van der Waals surface area contributed by atoms with Gasteiger partial charge in [0.2, 0.25) is 0 Å². The molecule has 0 radical (unpaired) electrons. The molecule has 39 heavy (non-hydrogen) atoms. The van der Waals surface area contributed by atoms with Crippen LogP contribution in [0.25, 0.3) is 12.2 Å². The third kappa shape index (κ3) is 7.02. The summed E-state index contributed by atoms with van der Waals surface area (Å²) >= 11 is 0. The van der Waals surface area contributed by atoms with Crippen molar-refractivity contribution in [1.82, 2.24) is 0 Å². The van der Waals surface area contributed by atoms with E-state index in [9.17, 15) is 0 Å². The summed E-state index contributed by atoms with van der Waals surface area (Å²) in [4.78, 5) is 0. The van der Waals surface area contributed by atoms with Crippen molar-refractivity contribution in [3.63, 3.8) is 0 Å². The number of hydrogen-bond acceptors (Lipinski definition) is 6. The molecule has 6 heteroatoms. The molecule has 0 aromatic heterocycles. The van der Waals surface area contributed by atoms with E-state index in [0.717, 1.165) is 51.9 Å². The predicted molar refractivity (Wildman–Crippen MR) is 161 cm³/mol. The van der Waals surface area contributed by atoms with Crippen LogP contribution in [-0.2, 0) is 5.41 Å². The van der Waals surface area contributed by atoms with Gasteiger partial charge in [0.05, 0.1) is 45.9 Å². The number of rotatable bonds is 9. The van der Waals surface area contributed by atoms with E-state index in [-0.39, 0.29) is 11.5 Å². The molecule has 0 saturated heterocycles. The van der Waals surface area contributed by atoms with E-state index in [4.69, 9.17) is 24.0 Å². The number of anilines is 1. The first kappa shape index (κ1) is 27.8. The summed E-state index contributed by atoms with van der Waals surface area (Å²) in [6.45, 7) is 6.67. The summed E-state index contributed by atoms with van der Waals surface area (Å²) in [5.41, 5.74) is 5.39. The fraction of sp³-hybridized carbons (Fsp3) is 0.303. The van der Waals surface area contributed by atoms with Gasteiger partial charge in [0.15, 0.2) is 0 Å². The number of methoxy groups -OCH3 is 4.